The van der Waals surface area contributed by atoms with E-state index in [1.165, 1.54) is 0 Å². The Morgan fingerprint density at radius 1 is 1.47 bits per heavy atom. The highest BCUT2D eigenvalue weighted by Crippen LogP contribution is 2.19. The van der Waals surface area contributed by atoms with Crippen molar-refractivity contribution in [3.8, 4) is 0 Å². The van der Waals surface area contributed by atoms with Gasteiger partial charge in [0.25, 0.3) is 0 Å². The minimum absolute atomic E-state index is 0.176. The average Bonchev–Trinajstić information content (AvgIpc) is 2.29. The first-order valence-electron chi connectivity index (χ1n) is 5.02. The molecule has 0 aliphatic carbocycles. The normalized spacial score (nSPS) is 22.3. The molecule has 0 radical (unpaired) electrons. The van der Waals surface area contributed by atoms with Gasteiger partial charge in [-0.2, -0.15) is 0 Å². The van der Waals surface area contributed by atoms with Gasteiger partial charge in [0.15, 0.2) is 0 Å². The van der Waals surface area contributed by atoms with E-state index in [4.69, 9.17) is 4.74 Å². The van der Waals surface area contributed by atoms with E-state index in [-0.39, 0.29) is 12.1 Å². The second-order valence-corrected chi connectivity index (χ2v) is 3.35. The van der Waals surface area contributed by atoms with Crippen LogP contribution in [0.1, 0.15) is 13.3 Å². The first-order valence-corrected chi connectivity index (χ1v) is 5.02. The van der Waals surface area contributed by atoms with E-state index in [1.807, 2.05) is 47.7 Å². The summed E-state index contributed by atoms with van der Waals surface area (Å²) in [6.07, 6.45) is 13.7. The van der Waals surface area contributed by atoms with Crippen molar-refractivity contribution in [3.05, 3.63) is 48.5 Å². The molecule has 0 aromatic rings. The molecule has 78 valence electrons. The van der Waals surface area contributed by atoms with Gasteiger partial charge in [-0.05, 0) is 24.3 Å². The van der Waals surface area contributed by atoms with Crippen molar-refractivity contribution >= 4 is 5.97 Å². The summed E-state index contributed by atoms with van der Waals surface area (Å²) in [7, 11) is 0. The Hall–Kier alpha value is -1.77. The van der Waals surface area contributed by atoms with Crippen molar-refractivity contribution in [2.75, 3.05) is 0 Å². The average molecular weight is 203 g/mol. The molecule has 0 bridgehead atoms. The maximum absolute atomic E-state index is 11.1. The van der Waals surface area contributed by atoms with Gasteiger partial charge in [0.1, 0.15) is 6.10 Å². The number of fused-ring (bicyclic) bond motifs is 1. The lowest BCUT2D eigenvalue weighted by Gasteiger charge is -2.25. The highest BCUT2D eigenvalue weighted by Gasteiger charge is 2.15. The maximum atomic E-state index is 11.1. The summed E-state index contributed by atoms with van der Waals surface area (Å²) in [6, 6.07) is 0. The lowest BCUT2D eigenvalue weighted by Crippen LogP contribution is -2.21. The molecule has 15 heavy (non-hydrogen) atoms. The van der Waals surface area contributed by atoms with Crippen LogP contribution in [-0.2, 0) is 9.53 Å². The van der Waals surface area contributed by atoms with Crippen molar-refractivity contribution in [1.29, 1.82) is 0 Å². The molecule has 0 saturated carbocycles. The third-order valence-corrected chi connectivity index (χ3v) is 2.25. The SMILES string of the molecule is CCC(=O)OC1C=CN2C=CC=CC2=C1. The Bertz CT molecular complexity index is 377. The Balaban J connectivity index is 2.07. The number of hydrogen-bond acceptors (Lipinski definition) is 3. The molecular weight excluding hydrogens is 190 g/mol. The standard InChI is InChI=1S/C12H13NO2/c1-2-12(14)15-11-6-8-13-7-4-3-5-10(13)9-11/h3-9,11H,2H2,1H3. The predicted octanol–water partition coefficient (Wildman–Crippen LogP) is 2.10. The summed E-state index contributed by atoms with van der Waals surface area (Å²) < 4.78 is 5.20. The van der Waals surface area contributed by atoms with Crippen LogP contribution in [0.4, 0.5) is 0 Å². The third-order valence-electron chi connectivity index (χ3n) is 2.25. The minimum atomic E-state index is -0.236. The smallest absolute Gasteiger partial charge is 0.306 e. The van der Waals surface area contributed by atoms with Gasteiger partial charge in [-0.15, -0.1) is 0 Å². The number of rotatable bonds is 2. The Morgan fingerprint density at radius 3 is 3.13 bits per heavy atom. The Kier molecular flexibility index (Phi) is 2.72. The van der Waals surface area contributed by atoms with E-state index >= 15 is 0 Å². The second kappa shape index (κ2) is 4.17. The van der Waals surface area contributed by atoms with Gasteiger partial charge in [-0.1, -0.05) is 13.0 Å². The van der Waals surface area contributed by atoms with Crippen molar-refractivity contribution < 1.29 is 9.53 Å². The first-order chi connectivity index (χ1) is 7.29. The molecule has 3 heteroatoms. The fraction of sp³-hybridized carbons (Fsp3) is 0.250. The molecule has 0 spiro atoms. The number of allylic oxidation sites excluding steroid dienone is 3. The van der Waals surface area contributed by atoms with Crippen molar-refractivity contribution in [2.24, 2.45) is 0 Å². The lowest BCUT2D eigenvalue weighted by atomic mass is 10.1. The molecule has 2 heterocycles. The summed E-state index contributed by atoms with van der Waals surface area (Å²) in [6.45, 7) is 1.79. The molecule has 3 nitrogen and oxygen atoms in total. The molecule has 0 N–H and O–H groups in total. The summed E-state index contributed by atoms with van der Waals surface area (Å²) in [5, 5.41) is 0. The van der Waals surface area contributed by atoms with Gasteiger partial charge < -0.3 is 9.64 Å². The number of carbonyl (C=O) groups is 1. The van der Waals surface area contributed by atoms with Crippen LogP contribution in [0.25, 0.3) is 0 Å². The zero-order valence-corrected chi connectivity index (χ0v) is 8.59. The second-order valence-electron chi connectivity index (χ2n) is 3.35. The van der Waals surface area contributed by atoms with Gasteiger partial charge >= 0.3 is 5.97 Å². The predicted molar refractivity (Wildman–Crippen MR) is 57.5 cm³/mol. The highest BCUT2D eigenvalue weighted by atomic mass is 16.5. The molecule has 0 amide bonds. The van der Waals surface area contributed by atoms with Crippen molar-refractivity contribution in [1.82, 2.24) is 4.90 Å². The molecule has 2 aliphatic rings. The number of ether oxygens (including phenoxy) is 1. The summed E-state index contributed by atoms with van der Waals surface area (Å²) in [5.74, 6) is -0.176. The Labute approximate surface area is 89.0 Å². The van der Waals surface area contributed by atoms with E-state index in [9.17, 15) is 4.79 Å². The van der Waals surface area contributed by atoms with E-state index in [0.29, 0.717) is 6.42 Å². The minimum Gasteiger partial charge on any atom is -0.454 e. The van der Waals surface area contributed by atoms with E-state index in [0.717, 1.165) is 5.70 Å². The van der Waals surface area contributed by atoms with E-state index in [2.05, 4.69) is 0 Å². The van der Waals surface area contributed by atoms with Crippen LogP contribution in [-0.4, -0.2) is 17.0 Å². The first kappa shape index (κ1) is 9.77. The zero-order chi connectivity index (χ0) is 10.7. The number of hydrogen-bond donors (Lipinski definition) is 0. The van der Waals surface area contributed by atoms with Gasteiger partial charge in [0.05, 0.1) is 0 Å². The van der Waals surface area contributed by atoms with Gasteiger partial charge in [0.2, 0.25) is 0 Å². The zero-order valence-electron chi connectivity index (χ0n) is 8.59. The molecule has 0 fully saturated rings. The maximum Gasteiger partial charge on any atom is 0.306 e. The molecule has 0 aromatic carbocycles. The molecule has 2 aliphatic heterocycles. The molecule has 0 saturated heterocycles. The molecule has 2 rings (SSSR count). The van der Waals surface area contributed by atoms with Crippen LogP contribution in [0.3, 0.4) is 0 Å². The van der Waals surface area contributed by atoms with Crippen LogP contribution in [0.15, 0.2) is 48.5 Å². The van der Waals surface area contributed by atoms with Crippen LogP contribution in [0.5, 0.6) is 0 Å². The summed E-state index contributed by atoms with van der Waals surface area (Å²) in [4.78, 5) is 13.1. The number of esters is 1. The highest BCUT2D eigenvalue weighted by molar-refractivity contribution is 5.69. The van der Waals surface area contributed by atoms with Gasteiger partial charge in [-0.3, -0.25) is 4.79 Å². The van der Waals surface area contributed by atoms with Crippen molar-refractivity contribution in [2.45, 2.75) is 19.4 Å². The Morgan fingerprint density at radius 2 is 2.33 bits per heavy atom. The van der Waals surface area contributed by atoms with Gasteiger partial charge in [0, 0.05) is 24.5 Å². The fourth-order valence-electron chi connectivity index (χ4n) is 1.46. The van der Waals surface area contributed by atoms with Crippen LogP contribution >= 0.6 is 0 Å². The van der Waals surface area contributed by atoms with Crippen LogP contribution in [0.2, 0.25) is 0 Å². The molecular formula is C12H13NO2. The lowest BCUT2D eigenvalue weighted by molar-refractivity contribution is -0.144. The van der Waals surface area contributed by atoms with Crippen LogP contribution in [0, 0.1) is 0 Å². The largest absolute Gasteiger partial charge is 0.454 e. The molecule has 1 unspecified atom stereocenters. The van der Waals surface area contributed by atoms with E-state index in [1.54, 1.807) is 6.92 Å². The summed E-state index contributed by atoms with van der Waals surface area (Å²) >= 11 is 0. The fourth-order valence-corrected chi connectivity index (χ4v) is 1.46. The molecule has 0 aromatic heterocycles. The molecule has 1 atom stereocenters. The van der Waals surface area contributed by atoms with Crippen molar-refractivity contribution in [3.63, 3.8) is 0 Å². The number of carbonyl (C=O) groups excluding carboxylic acids is 1. The monoisotopic (exact) mass is 203 g/mol. The van der Waals surface area contributed by atoms with E-state index < -0.39 is 0 Å². The quantitative estimate of drug-likeness (QED) is 0.644. The topological polar surface area (TPSA) is 29.5 Å². The number of nitrogens with zero attached hydrogens (tertiary/aromatic N) is 1. The van der Waals surface area contributed by atoms with Gasteiger partial charge in [-0.25, -0.2) is 0 Å². The third kappa shape index (κ3) is 2.18. The summed E-state index contributed by atoms with van der Waals surface area (Å²) in [5.41, 5.74) is 1.04. The van der Waals surface area contributed by atoms with Crippen LogP contribution < -0.4 is 0 Å².